The van der Waals surface area contributed by atoms with Crippen LogP contribution >= 0.6 is 0 Å². The molecule has 2 atom stereocenters. The Balaban J connectivity index is 1.36. The van der Waals surface area contributed by atoms with Gasteiger partial charge in [0.1, 0.15) is 5.75 Å². The summed E-state index contributed by atoms with van der Waals surface area (Å²) in [7, 11) is 9.38. The van der Waals surface area contributed by atoms with Gasteiger partial charge in [0.05, 0.1) is 21.3 Å². The molecule has 10 rings (SSSR count). The summed E-state index contributed by atoms with van der Waals surface area (Å²) in [5.74, 6) is 5.91. The number of ether oxygens (including phenoxy) is 7. The molecule has 0 saturated carbocycles. The smallest absolute Gasteiger partial charge is 0.231 e. The third-order valence-corrected chi connectivity index (χ3v) is 10.2. The monoisotopic (exact) mass is 636 g/mol. The molecule has 6 bridgehead atoms. The van der Waals surface area contributed by atoms with Crippen LogP contribution in [0.15, 0.2) is 54.6 Å². The minimum Gasteiger partial charge on any atom is -0.493 e. The van der Waals surface area contributed by atoms with Crippen LogP contribution in [0.4, 0.5) is 0 Å². The molecule has 4 aromatic carbocycles. The molecule has 6 heterocycles. The van der Waals surface area contributed by atoms with E-state index in [1.54, 1.807) is 21.3 Å². The Kier molecular flexibility index (Phi) is 7.53. The first-order valence-corrected chi connectivity index (χ1v) is 16.2. The Hall–Kier alpha value is -4.60. The molecule has 6 aliphatic heterocycles. The van der Waals surface area contributed by atoms with Gasteiger partial charge in [0, 0.05) is 36.3 Å². The van der Waals surface area contributed by atoms with E-state index in [2.05, 4.69) is 60.3 Å². The number of hydrogen-bond acceptors (Lipinski definition) is 9. The summed E-state index contributed by atoms with van der Waals surface area (Å²) in [4.78, 5) is 4.79. The number of hydrogen-bond donors (Lipinski definition) is 0. The maximum absolute atomic E-state index is 7.05. The molecule has 244 valence electrons. The highest BCUT2D eigenvalue weighted by atomic mass is 16.7. The summed E-state index contributed by atoms with van der Waals surface area (Å²) in [6.45, 7) is 1.97. The quantitative estimate of drug-likeness (QED) is 0.239. The van der Waals surface area contributed by atoms with Crippen molar-refractivity contribution in [3.8, 4) is 51.7 Å². The normalized spacial score (nSPS) is 19.9. The molecule has 0 aromatic heterocycles. The predicted octanol–water partition coefficient (Wildman–Crippen LogP) is 6.88. The fourth-order valence-corrected chi connectivity index (χ4v) is 7.60. The molecule has 9 nitrogen and oxygen atoms in total. The van der Waals surface area contributed by atoms with Gasteiger partial charge in [-0.25, -0.2) is 0 Å². The van der Waals surface area contributed by atoms with E-state index in [0.29, 0.717) is 52.4 Å². The number of benzene rings is 4. The van der Waals surface area contributed by atoms with Crippen molar-refractivity contribution in [3.05, 3.63) is 88.0 Å². The molecule has 0 unspecified atom stereocenters. The second-order valence-electron chi connectivity index (χ2n) is 12.8. The average Bonchev–Trinajstić information content (AvgIpc) is 3.59. The van der Waals surface area contributed by atoms with Crippen LogP contribution < -0.4 is 33.2 Å². The van der Waals surface area contributed by atoms with Gasteiger partial charge in [-0.1, -0.05) is 18.2 Å². The average molecular weight is 637 g/mol. The third kappa shape index (κ3) is 5.09. The zero-order valence-corrected chi connectivity index (χ0v) is 27.6. The number of rotatable bonds is 3. The maximum atomic E-state index is 7.05. The summed E-state index contributed by atoms with van der Waals surface area (Å²) in [5.41, 5.74) is 6.98. The summed E-state index contributed by atoms with van der Waals surface area (Å²) in [5, 5.41) is 0. The van der Waals surface area contributed by atoms with Crippen molar-refractivity contribution in [1.29, 1.82) is 0 Å². The molecule has 0 fully saturated rings. The van der Waals surface area contributed by atoms with Gasteiger partial charge in [0.2, 0.25) is 18.3 Å². The predicted molar refractivity (Wildman–Crippen MR) is 177 cm³/mol. The fourth-order valence-electron chi connectivity index (χ4n) is 7.60. The first-order valence-electron chi connectivity index (χ1n) is 16.2. The molecule has 47 heavy (non-hydrogen) atoms. The zero-order valence-electron chi connectivity index (χ0n) is 27.6. The van der Waals surface area contributed by atoms with Crippen LogP contribution in [-0.4, -0.2) is 65.1 Å². The van der Waals surface area contributed by atoms with Crippen LogP contribution in [0.25, 0.3) is 0 Å². The summed E-state index contributed by atoms with van der Waals surface area (Å²) in [6, 6.07) is 18.9. The van der Waals surface area contributed by atoms with Crippen molar-refractivity contribution in [3.63, 3.8) is 0 Å². The largest absolute Gasteiger partial charge is 0.493 e. The number of likely N-dealkylation sites (N-methyl/N-ethyl adjacent to an activating group) is 2. The molecule has 0 spiro atoms. The molecule has 6 aliphatic rings. The Morgan fingerprint density at radius 3 is 2.13 bits per heavy atom. The molecule has 0 N–H and O–H groups in total. The lowest BCUT2D eigenvalue weighted by Crippen LogP contribution is -2.34. The van der Waals surface area contributed by atoms with Crippen LogP contribution in [0, 0.1) is 0 Å². The number of fused-ring (bicyclic) bond motifs is 1. The van der Waals surface area contributed by atoms with E-state index >= 15 is 0 Å². The lowest BCUT2D eigenvalue weighted by Gasteiger charge is -2.37. The van der Waals surface area contributed by atoms with E-state index in [9.17, 15) is 0 Å². The van der Waals surface area contributed by atoms with E-state index in [1.165, 1.54) is 16.7 Å². The zero-order chi connectivity index (χ0) is 32.2. The van der Waals surface area contributed by atoms with Gasteiger partial charge in [-0.05, 0) is 98.4 Å². The molecule has 9 heteroatoms. The van der Waals surface area contributed by atoms with Crippen molar-refractivity contribution in [1.82, 2.24) is 9.80 Å². The Labute approximate surface area is 275 Å². The van der Waals surface area contributed by atoms with Gasteiger partial charge in [0.15, 0.2) is 34.5 Å². The van der Waals surface area contributed by atoms with E-state index < -0.39 is 0 Å². The third-order valence-electron chi connectivity index (χ3n) is 10.2. The van der Waals surface area contributed by atoms with Gasteiger partial charge in [-0.2, -0.15) is 0 Å². The standard InChI is InChI=1S/C38H40N2O7/c1-39-14-12-23-18-31(41-3)32-20-27(23)28(39)16-22-6-9-26(10-7-22)46-30-11-8-25(35-37(30)45-21-44-35)17-29-34-24(13-15-40(29)2)19-33(42-4)36(43-5)38(34)47-32/h6-11,18-20,28-29H,12-17,21H2,1-5H3/t28-,29-/m1/s1. The van der Waals surface area contributed by atoms with E-state index in [-0.39, 0.29) is 18.9 Å². The molecular formula is C38H40N2O7. The molecule has 4 aromatic rings. The highest BCUT2D eigenvalue weighted by Gasteiger charge is 2.36. The van der Waals surface area contributed by atoms with Crippen LogP contribution in [0.2, 0.25) is 0 Å². The summed E-state index contributed by atoms with van der Waals surface area (Å²) in [6.07, 6.45) is 3.27. The molecule has 0 aliphatic carbocycles. The molecular weight excluding hydrogens is 596 g/mol. The SMILES string of the molecule is COc1cc2c3cc1Oc1c(OC)c(OC)cc4c1[C@@H](Cc1ccc(c5c1OCO5)Oc1ccc(cc1)C[C@H]3N(C)CC2)N(C)CC4. The first kappa shape index (κ1) is 29.8. The van der Waals surface area contributed by atoms with Crippen molar-refractivity contribution < 1.29 is 33.2 Å². The van der Waals surface area contributed by atoms with Gasteiger partial charge in [-0.3, -0.25) is 9.80 Å². The maximum Gasteiger partial charge on any atom is 0.231 e. The van der Waals surface area contributed by atoms with Gasteiger partial charge in [-0.15, -0.1) is 0 Å². The van der Waals surface area contributed by atoms with E-state index in [4.69, 9.17) is 33.2 Å². The molecule has 0 radical (unpaired) electrons. The first-order chi connectivity index (χ1) is 22.9. The second-order valence-corrected chi connectivity index (χ2v) is 12.8. The topological polar surface area (TPSA) is 71.1 Å². The van der Waals surface area contributed by atoms with E-state index in [0.717, 1.165) is 54.8 Å². The Morgan fingerprint density at radius 1 is 0.638 bits per heavy atom. The number of nitrogens with zero attached hydrogens (tertiary/aromatic N) is 2. The van der Waals surface area contributed by atoms with Crippen LogP contribution in [0.3, 0.4) is 0 Å². The lowest BCUT2D eigenvalue weighted by molar-refractivity contribution is 0.170. The van der Waals surface area contributed by atoms with Crippen molar-refractivity contribution in [2.75, 3.05) is 55.3 Å². The van der Waals surface area contributed by atoms with Crippen LogP contribution in [0.1, 0.15) is 45.5 Å². The fraction of sp³-hybridized carbons (Fsp3) is 0.368. The molecule has 0 saturated heterocycles. The highest BCUT2D eigenvalue weighted by molar-refractivity contribution is 5.64. The van der Waals surface area contributed by atoms with Crippen LogP contribution in [-0.2, 0) is 25.7 Å². The van der Waals surface area contributed by atoms with Gasteiger partial charge in [0.25, 0.3) is 0 Å². The second kappa shape index (κ2) is 11.9. The summed E-state index contributed by atoms with van der Waals surface area (Å²) < 4.78 is 43.4. The highest BCUT2D eigenvalue weighted by Crippen LogP contribution is 2.53. The van der Waals surface area contributed by atoms with Crippen molar-refractivity contribution in [2.45, 2.75) is 37.8 Å². The van der Waals surface area contributed by atoms with Crippen molar-refractivity contribution >= 4 is 0 Å². The Morgan fingerprint density at radius 2 is 1.36 bits per heavy atom. The minimum absolute atomic E-state index is 0.0505. The van der Waals surface area contributed by atoms with Gasteiger partial charge >= 0.3 is 0 Å². The minimum atomic E-state index is -0.0505. The summed E-state index contributed by atoms with van der Waals surface area (Å²) >= 11 is 0. The number of methoxy groups -OCH3 is 3. The van der Waals surface area contributed by atoms with E-state index in [1.807, 2.05) is 18.2 Å². The van der Waals surface area contributed by atoms with Crippen LogP contribution in [0.5, 0.6) is 51.7 Å². The Bertz CT molecular complexity index is 1840. The molecule has 0 amide bonds. The van der Waals surface area contributed by atoms with Crippen molar-refractivity contribution in [2.24, 2.45) is 0 Å². The lowest BCUT2D eigenvalue weighted by atomic mass is 9.87. The van der Waals surface area contributed by atoms with Gasteiger partial charge < -0.3 is 33.2 Å².